The van der Waals surface area contributed by atoms with Gasteiger partial charge in [-0.15, -0.1) is 11.3 Å². The number of nitrogens with zero attached hydrogens (tertiary/aromatic N) is 2. The van der Waals surface area contributed by atoms with E-state index in [1.165, 1.54) is 4.88 Å². The number of nitrogens with one attached hydrogen (secondary N) is 1. The molecule has 0 fully saturated rings. The zero-order valence-electron chi connectivity index (χ0n) is 7.98. The summed E-state index contributed by atoms with van der Waals surface area (Å²) in [7, 11) is 0. The number of aliphatic hydroxyl groups excluding tert-OH is 1. The highest BCUT2D eigenvalue weighted by molar-refractivity contribution is 7.10. The fraction of sp³-hybridized carbons (Fsp3) is 0.333. The summed E-state index contributed by atoms with van der Waals surface area (Å²) in [5, 5.41) is 18.0. The van der Waals surface area contributed by atoms with E-state index in [-0.39, 0.29) is 0 Å². The third kappa shape index (κ3) is 1.69. The minimum Gasteiger partial charge on any atom is -0.385 e. The van der Waals surface area contributed by atoms with Gasteiger partial charge in [-0.3, -0.25) is 5.10 Å². The van der Waals surface area contributed by atoms with Gasteiger partial charge in [0.25, 0.3) is 0 Å². The Kier molecular flexibility index (Phi) is 2.35. The third-order valence-corrected chi connectivity index (χ3v) is 2.75. The van der Waals surface area contributed by atoms with Crippen molar-refractivity contribution in [3.63, 3.8) is 0 Å². The standard InChI is InChI=1S/C9H11N3OS/c1-5-3-7(4-14-5)9-10-8(6(2)13)11-12-9/h3-4,6,13H,1-2H3,(H,10,11,12). The Morgan fingerprint density at radius 1 is 1.57 bits per heavy atom. The highest BCUT2D eigenvalue weighted by Crippen LogP contribution is 2.22. The molecule has 2 N–H and O–H groups in total. The first-order valence-corrected chi connectivity index (χ1v) is 5.20. The molecule has 0 aliphatic carbocycles. The monoisotopic (exact) mass is 209 g/mol. The van der Waals surface area contributed by atoms with Crippen LogP contribution in [0.5, 0.6) is 0 Å². The van der Waals surface area contributed by atoms with Gasteiger partial charge in [-0.2, -0.15) is 5.10 Å². The molecule has 14 heavy (non-hydrogen) atoms. The maximum atomic E-state index is 9.26. The summed E-state index contributed by atoms with van der Waals surface area (Å²) in [4.78, 5) is 5.41. The largest absolute Gasteiger partial charge is 0.385 e. The normalized spacial score (nSPS) is 13.1. The molecule has 1 unspecified atom stereocenters. The van der Waals surface area contributed by atoms with Gasteiger partial charge < -0.3 is 5.11 Å². The average molecular weight is 209 g/mol. The smallest absolute Gasteiger partial charge is 0.182 e. The summed E-state index contributed by atoms with van der Waals surface area (Å²) in [6, 6.07) is 2.03. The number of hydrogen-bond acceptors (Lipinski definition) is 4. The number of aliphatic hydroxyl groups is 1. The van der Waals surface area contributed by atoms with Gasteiger partial charge in [0.05, 0.1) is 0 Å². The molecule has 0 saturated carbocycles. The third-order valence-electron chi connectivity index (χ3n) is 1.89. The summed E-state index contributed by atoms with van der Waals surface area (Å²) in [5.74, 6) is 1.15. The molecule has 0 radical (unpaired) electrons. The molecule has 0 spiro atoms. The van der Waals surface area contributed by atoms with Crippen molar-refractivity contribution in [3.8, 4) is 11.4 Å². The van der Waals surface area contributed by atoms with Gasteiger partial charge in [0.2, 0.25) is 0 Å². The Labute approximate surface area is 85.6 Å². The van der Waals surface area contributed by atoms with Crippen molar-refractivity contribution in [2.45, 2.75) is 20.0 Å². The van der Waals surface area contributed by atoms with Crippen LogP contribution >= 0.6 is 11.3 Å². The first kappa shape index (κ1) is 9.36. The lowest BCUT2D eigenvalue weighted by molar-refractivity contribution is 0.189. The van der Waals surface area contributed by atoms with Crippen molar-refractivity contribution >= 4 is 11.3 Å². The molecule has 1 atom stereocenters. The van der Waals surface area contributed by atoms with Gasteiger partial charge in [-0.25, -0.2) is 4.98 Å². The van der Waals surface area contributed by atoms with Crippen LogP contribution in [0.2, 0.25) is 0 Å². The van der Waals surface area contributed by atoms with Gasteiger partial charge in [-0.1, -0.05) is 0 Å². The Balaban J connectivity index is 2.33. The minimum absolute atomic E-state index is 0.504. The van der Waals surface area contributed by atoms with Crippen LogP contribution in [0, 0.1) is 6.92 Å². The van der Waals surface area contributed by atoms with Crippen molar-refractivity contribution in [2.75, 3.05) is 0 Å². The second kappa shape index (κ2) is 3.51. The molecule has 5 heteroatoms. The molecule has 2 aromatic rings. The molecule has 2 aromatic heterocycles. The van der Waals surface area contributed by atoms with Crippen LogP contribution < -0.4 is 0 Å². The van der Waals surface area contributed by atoms with E-state index in [1.807, 2.05) is 18.4 Å². The fourth-order valence-corrected chi connectivity index (χ4v) is 1.83. The molecule has 4 nitrogen and oxygen atoms in total. The predicted molar refractivity (Wildman–Crippen MR) is 55.1 cm³/mol. The number of hydrogen-bond donors (Lipinski definition) is 2. The second-order valence-corrected chi connectivity index (χ2v) is 4.28. The Bertz CT molecular complexity index is 433. The number of thiophene rings is 1. The van der Waals surface area contributed by atoms with Crippen LogP contribution in [0.4, 0.5) is 0 Å². The lowest BCUT2D eigenvalue weighted by Crippen LogP contribution is -1.92. The van der Waals surface area contributed by atoms with E-state index >= 15 is 0 Å². The van der Waals surface area contributed by atoms with Crippen LogP contribution in [0.15, 0.2) is 11.4 Å². The lowest BCUT2D eigenvalue weighted by atomic mass is 10.3. The SMILES string of the molecule is Cc1cc(-c2n[nH]c(C(C)O)n2)cs1. The van der Waals surface area contributed by atoms with Crippen molar-refractivity contribution < 1.29 is 5.11 Å². The van der Waals surface area contributed by atoms with Crippen LogP contribution in [0.3, 0.4) is 0 Å². The molecule has 0 amide bonds. The highest BCUT2D eigenvalue weighted by atomic mass is 32.1. The van der Waals surface area contributed by atoms with E-state index in [1.54, 1.807) is 18.3 Å². The van der Waals surface area contributed by atoms with E-state index in [0.29, 0.717) is 11.6 Å². The quantitative estimate of drug-likeness (QED) is 0.794. The van der Waals surface area contributed by atoms with E-state index in [2.05, 4.69) is 15.2 Å². The van der Waals surface area contributed by atoms with Gasteiger partial charge in [0.15, 0.2) is 11.6 Å². The Hall–Kier alpha value is -1.20. The maximum absolute atomic E-state index is 9.26. The molecule has 74 valence electrons. The summed E-state index contributed by atoms with van der Waals surface area (Å²) in [5.41, 5.74) is 0.996. The molecule has 2 rings (SSSR count). The maximum Gasteiger partial charge on any atom is 0.182 e. The zero-order valence-corrected chi connectivity index (χ0v) is 8.80. The fourth-order valence-electron chi connectivity index (χ4n) is 1.15. The lowest BCUT2D eigenvalue weighted by Gasteiger charge is -1.94. The Morgan fingerprint density at radius 2 is 2.36 bits per heavy atom. The average Bonchev–Trinajstić information content (AvgIpc) is 2.70. The topological polar surface area (TPSA) is 61.8 Å². The molecule has 0 aliphatic rings. The van der Waals surface area contributed by atoms with Crippen molar-refractivity contribution in [1.29, 1.82) is 0 Å². The first-order chi connectivity index (χ1) is 6.66. The first-order valence-electron chi connectivity index (χ1n) is 4.32. The number of aromatic nitrogens is 3. The predicted octanol–water partition coefficient (Wildman–Crippen LogP) is 1.89. The summed E-state index contributed by atoms with van der Waals surface area (Å²) in [6.45, 7) is 3.69. The number of rotatable bonds is 2. The van der Waals surface area contributed by atoms with Gasteiger partial charge in [0, 0.05) is 15.8 Å². The van der Waals surface area contributed by atoms with E-state index in [9.17, 15) is 5.11 Å². The molecule has 0 aromatic carbocycles. The van der Waals surface area contributed by atoms with Gasteiger partial charge in [-0.05, 0) is 19.9 Å². The van der Waals surface area contributed by atoms with Crippen LogP contribution in [0.25, 0.3) is 11.4 Å². The molecular weight excluding hydrogens is 198 g/mol. The number of aromatic amines is 1. The van der Waals surface area contributed by atoms with Crippen LogP contribution in [-0.4, -0.2) is 20.3 Å². The summed E-state index contributed by atoms with van der Waals surface area (Å²) in [6.07, 6.45) is -0.601. The van der Waals surface area contributed by atoms with Crippen LogP contribution in [-0.2, 0) is 0 Å². The van der Waals surface area contributed by atoms with Crippen LogP contribution in [0.1, 0.15) is 23.7 Å². The van der Waals surface area contributed by atoms with Gasteiger partial charge in [0.1, 0.15) is 6.10 Å². The highest BCUT2D eigenvalue weighted by Gasteiger charge is 2.10. The summed E-state index contributed by atoms with van der Waals surface area (Å²) < 4.78 is 0. The molecular formula is C9H11N3OS. The van der Waals surface area contributed by atoms with Gasteiger partial charge >= 0.3 is 0 Å². The molecule has 0 aliphatic heterocycles. The van der Waals surface area contributed by atoms with E-state index < -0.39 is 6.10 Å². The number of H-pyrrole nitrogens is 1. The molecule has 2 heterocycles. The molecule has 0 bridgehead atoms. The zero-order chi connectivity index (χ0) is 10.1. The van der Waals surface area contributed by atoms with Crippen molar-refractivity contribution in [1.82, 2.24) is 15.2 Å². The van der Waals surface area contributed by atoms with E-state index in [0.717, 1.165) is 5.56 Å². The van der Waals surface area contributed by atoms with Crippen molar-refractivity contribution in [3.05, 3.63) is 22.1 Å². The second-order valence-electron chi connectivity index (χ2n) is 3.17. The van der Waals surface area contributed by atoms with Crippen molar-refractivity contribution in [2.24, 2.45) is 0 Å². The summed E-state index contributed by atoms with van der Waals surface area (Å²) >= 11 is 1.66. The number of aryl methyl sites for hydroxylation is 1. The van der Waals surface area contributed by atoms with E-state index in [4.69, 9.17) is 0 Å². The minimum atomic E-state index is -0.601. The Morgan fingerprint density at radius 3 is 2.86 bits per heavy atom. The molecule has 0 saturated heterocycles.